The monoisotopic (exact) mass is 389 g/mol. The van der Waals surface area contributed by atoms with E-state index in [9.17, 15) is 9.59 Å². The Bertz CT molecular complexity index is 903. The average Bonchev–Trinajstić information content (AvgIpc) is 2.74. The fourth-order valence-corrected chi connectivity index (χ4v) is 2.85. The van der Waals surface area contributed by atoms with E-state index in [1.807, 2.05) is 60.7 Å². The average molecular weight is 389 g/mol. The molecule has 1 heterocycles. The van der Waals surface area contributed by atoms with Crippen LogP contribution in [0.2, 0.25) is 0 Å². The molecular weight excluding hydrogens is 366 g/mol. The van der Waals surface area contributed by atoms with Crippen molar-refractivity contribution in [3.63, 3.8) is 0 Å². The van der Waals surface area contributed by atoms with Gasteiger partial charge in [-0.15, -0.1) is 0 Å². The predicted octanol–water partition coefficient (Wildman–Crippen LogP) is 3.56. The first-order valence-corrected chi connectivity index (χ1v) is 9.39. The molecule has 0 fully saturated rings. The maximum atomic E-state index is 13.1. The molecule has 0 N–H and O–H groups in total. The summed E-state index contributed by atoms with van der Waals surface area (Å²) in [5, 5.41) is 0. The van der Waals surface area contributed by atoms with Gasteiger partial charge in [-0.2, -0.15) is 0 Å². The third-order valence-electron chi connectivity index (χ3n) is 4.37. The molecule has 3 rings (SSSR count). The lowest BCUT2D eigenvalue weighted by Crippen LogP contribution is -2.39. The maximum absolute atomic E-state index is 13.1. The van der Waals surface area contributed by atoms with Crippen molar-refractivity contribution in [1.82, 2.24) is 14.9 Å². The van der Waals surface area contributed by atoms with Gasteiger partial charge in [0.1, 0.15) is 0 Å². The maximum Gasteiger partial charge on any atom is 0.359 e. The summed E-state index contributed by atoms with van der Waals surface area (Å²) in [7, 11) is 0. The molecule has 1 amide bonds. The van der Waals surface area contributed by atoms with Crippen molar-refractivity contribution >= 4 is 11.9 Å². The number of aryl methyl sites for hydroxylation is 1. The van der Waals surface area contributed by atoms with E-state index in [0.29, 0.717) is 18.8 Å². The molecule has 6 nitrogen and oxygen atoms in total. The molecule has 0 radical (unpaired) electrons. The van der Waals surface area contributed by atoms with Crippen LogP contribution in [0, 0.1) is 6.92 Å². The summed E-state index contributed by atoms with van der Waals surface area (Å²) < 4.78 is 5.36. The molecule has 2 aromatic carbocycles. The van der Waals surface area contributed by atoms with Gasteiger partial charge in [-0.05, 0) is 25.0 Å². The van der Waals surface area contributed by atoms with Crippen LogP contribution >= 0.6 is 0 Å². The Hall–Kier alpha value is -3.54. The Morgan fingerprint density at radius 3 is 1.93 bits per heavy atom. The second-order valence-corrected chi connectivity index (χ2v) is 6.76. The van der Waals surface area contributed by atoms with Crippen LogP contribution in [0.5, 0.6) is 0 Å². The molecular formula is C23H23N3O3. The number of nitrogens with zero attached hydrogens (tertiary/aromatic N) is 3. The van der Waals surface area contributed by atoms with Gasteiger partial charge in [0.25, 0.3) is 5.91 Å². The van der Waals surface area contributed by atoms with Crippen LogP contribution in [0.25, 0.3) is 0 Å². The standard InChI is InChI=1S/C23H23N3O3/c1-17-13-25-21(14-24-17)23(28)29-18(2)22(27)26(15-19-9-5-3-6-10-19)16-20-11-7-4-8-12-20/h3-14,18H,15-16H2,1-2H3/t18-/m0/s1. The number of esters is 1. The molecule has 0 aliphatic heterocycles. The predicted molar refractivity (Wildman–Crippen MR) is 109 cm³/mol. The Kier molecular flexibility index (Phi) is 6.68. The lowest BCUT2D eigenvalue weighted by molar-refractivity contribution is -0.141. The van der Waals surface area contributed by atoms with Gasteiger partial charge in [0.2, 0.25) is 0 Å². The molecule has 148 valence electrons. The van der Waals surface area contributed by atoms with Crippen molar-refractivity contribution in [2.45, 2.75) is 33.0 Å². The molecule has 0 saturated heterocycles. The van der Waals surface area contributed by atoms with E-state index < -0.39 is 12.1 Å². The first-order valence-electron chi connectivity index (χ1n) is 9.39. The highest BCUT2D eigenvalue weighted by atomic mass is 16.5. The summed E-state index contributed by atoms with van der Waals surface area (Å²) in [6.45, 7) is 4.19. The van der Waals surface area contributed by atoms with Gasteiger partial charge in [0.05, 0.1) is 11.9 Å². The summed E-state index contributed by atoms with van der Waals surface area (Å²) in [4.78, 5) is 35.1. The number of aromatic nitrogens is 2. The van der Waals surface area contributed by atoms with Crippen molar-refractivity contribution < 1.29 is 14.3 Å². The summed E-state index contributed by atoms with van der Waals surface area (Å²) in [5.41, 5.74) is 2.77. The highest BCUT2D eigenvalue weighted by Gasteiger charge is 2.25. The topological polar surface area (TPSA) is 72.4 Å². The molecule has 0 spiro atoms. The lowest BCUT2D eigenvalue weighted by Gasteiger charge is -2.26. The zero-order valence-electron chi connectivity index (χ0n) is 16.5. The summed E-state index contributed by atoms with van der Waals surface area (Å²) >= 11 is 0. The van der Waals surface area contributed by atoms with Gasteiger partial charge in [0.15, 0.2) is 11.8 Å². The van der Waals surface area contributed by atoms with E-state index in [-0.39, 0.29) is 11.6 Å². The van der Waals surface area contributed by atoms with Gasteiger partial charge in [-0.25, -0.2) is 9.78 Å². The van der Waals surface area contributed by atoms with Crippen LogP contribution in [0.4, 0.5) is 0 Å². The number of carbonyl (C=O) groups excluding carboxylic acids is 2. The molecule has 0 saturated carbocycles. The first kappa shape index (κ1) is 20.2. The van der Waals surface area contributed by atoms with E-state index >= 15 is 0 Å². The van der Waals surface area contributed by atoms with Crippen LogP contribution < -0.4 is 0 Å². The van der Waals surface area contributed by atoms with E-state index in [2.05, 4.69) is 9.97 Å². The SMILES string of the molecule is Cc1cnc(C(=O)O[C@@H](C)C(=O)N(Cc2ccccc2)Cc2ccccc2)cn1. The summed E-state index contributed by atoms with van der Waals surface area (Å²) in [6.07, 6.45) is 1.89. The van der Waals surface area contributed by atoms with Crippen molar-refractivity contribution in [2.75, 3.05) is 0 Å². The van der Waals surface area contributed by atoms with E-state index in [1.54, 1.807) is 18.7 Å². The summed E-state index contributed by atoms with van der Waals surface area (Å²) in [6, 6.07) is 19.4. The van der Waals surface area contributed by atoms with Gasteiger partial charge in [-0.1, -0.05) is 60.7 Å². The third-order valence-corrected chi connectivity index (χ3v) is 4.37. The molecule has 0 unspecified atom stereocenters. The molecule has 1 atom stereocenters. The van der Waals surface area contributed by atoms with Crippen molar-refractivity contribution in [2.24, 2.45) is 0 Å². The molecule has 0 bridgehead atoms. The summed E-state index contributed by atoms with van der Waals surface area (Å²) in [5.74, 6) is -0.941. The largest absolute Gasteiger partial charge is 0.448 e. The number of hydrogen-bond donors (Lipinski definition) is 0. The van der Waals surface area contributed by atoms with Gasteiger partial charge < -0.3 is 9.64 Å². The third kappa shape index (κ3) is 5.72. The van der Waals surface area contributed by atoms with Crippen LogP contribution in [-0.4, -0.2) is 32.8 Å². The highest BCUT2D eigenvalue weighted by molar-refractivity contribution is 5.90. The molecule has 1 aromatic heterocycles. The Balaban J connectivity index is 1.73. The quantitative estimate of drug-likeness (QED) is 0.578. The number of benzene rings is 2. The molecule has 29 heavy (non-hydrogen) atoms. The second kappa shape index (κ2) is 9.59. The Morgan fingerprint density at radius 1 is 0.897 bits per heavy atom. The number of ether oxygens (including phenoxy) is 1. The second-order valence-electron chi connectivity index (χ2n) is 6.76. The molecule has 6 heteroatoms. The van der Waals surface area contributed by atoms with Crippen LogP contribution in [0.15, 0.2) is 73.1 Å². The van der Waals surface area contributed by atoms with Gasteiger partial charge in [0, 0.05) is 19.3 Å². The molecule has 0 aliphatic carbocycles. The molecule has 0 aliphatic rings. The fourth-order valence-electron chi connectivity index (χ4n) is 2.85. The minimum Gasteiger partial charge on any atom is -0.448 e. The van der Waals surface area contributed by atoms with E-state index in [4.69, 9.17) is 4.74 Å². The minimum atomic E-state index is -0.946. The smallest absolute Gasteiger partial charge is 0.359 e. The van der Waals surface area contributed by atoms with Crippen LogP contribution in [0.3, 0.4) is 0 Å². The highest BCUT2D eigenvalue weighted by Crippen LogP contribution is 2.13. The van der Waals surface area contributed by atoms with Crippen molar-refractivity contribution in [3.8, 4) is 0 Å². The van der Waals surface area contributed by atoms with Crippen LogP contribution in [0.1, 0.15) is 34.2 Å². The zero-order valence-corrected chi connectivity index (χ0v) is 16.5. The lowest BCUT2D eigenvalue weighted by atomic mass is 10.1. The van der Waals surface area contributed by atoms with E-state index in [1.165, 1.54) is 12.4 Å². The Labute approximate surface area is 170 Å². The normalized spacial score (nSPS) is 11.5. The van der Waals surface area contributed by atoms with Crippen molar-refractivity contribution in [1.29, 1.82) is 0 Å². The van der Waals surface area contributed by atoms with Gasteiger partial charge >= 0.3 is 5.97 Å². The van der Waals surface area contributed by atoms with Gasteiger partial charge in [-0.3, -0.25) is 9.78 Å². The Morgan fingerprint density at radius 2 is 1.45 bits per heavy atom. The molecule has 3 aromatic rings. The number of rotatable bonds is 7. The van der Waals surface area contributed by atoms with E-state index in [0.717, 1.165) is 11.1 Å². The number of amides is 1. The number of hydrogen-bond acceptors (Lipinski definition) is 5. The first-order chi connectivity index (χ1) is 14.0. The van der Waals surface area contributed by atoms with Crippen molar-refractivity contribution in [3.05, 3.63) is 95.6 Å². The zero-order chi connectivity index (χ0) is 20.6. The number of carbonyl (C=O) groups is 2. The fraction of sp³-hybridized carbons (Fsp3) is 0.217. The van der Waals surface area contributed by atoms with Crippen LogP contribution in [-0.2, 0) is 22.6 Å². The minimum absolute atomic E-state index is 0.0768.